The summed E-state index contributed by atoms with van der Waals surface area (Å²) in [6, 6.07) is 0. The highest BCUT2D eigenvalue weighted by Crippen LogP contribution is 2.36. The third-order valence-corrected chi connectivity index (χ3v) is 3.10. The molecule has 0 heterocycles. The molecule has 0 bridgehead atoms. The predicted octanol–water partition coefficient (Wildman–Crippen LogP) is 5.36. The van der Waals surface area contributed by atoms with E-state index in [-0.39, 0.29) is 0 Å². The van der Waals surface area contributed by atoms with E-state index in [4.69, 9.17) is 0 Å². The van der Waals surface area contributed by atoms with Gasteiger partial charge in [-0.1, -0.05) is 59.3 Å². The van der Waals surface area contributed by atoms with Crippen LogP contribution in [0.3, 0.4) is 0 Å². The van der Waals surface area contributed by atoms with Crippen LogP contribution in [0.2, 0.25) is 0 Å². The van der Waals surface area contributed by atoms with Crippen LogP contribution in [0.1, 0.15) is 61.3 Å². The maximum atomic E-state index is 2.39. The SMILES string of the molecule is CC.CCC1=C(C)CC(C(C)(C)C)C=C1. The van der Waals surface area contributed by atoms with Gasteiger partial charge in [0.05, 0.1) is 0 Å². The first-order valence-electron chi connectivity index (χ1n) is 6.32. The molecule has 1 atom stereocenters. The van der Waals surface area contributed by atoms with Crippen LogP contribution in [0.25, 0.3) is 0 Å². The fourth-order valence-corrected chi connectivity index (χ4v) is 1.92. The summed E-state index contributed by atoms with van der Waals surface area (Å²) in [4.78, 5) is 0. The van der Waals surface area contributed by atoms with E-state index < -0.39 is 0 Å². The Kier molecular flexibility index (Phi) is 5.93. The van der Waals surface area contributed by atoms with Gasteiger partial charge >= 0.3 is 0 Å². The molecule has 0 spiro atoms. The lowest BCUT2D eigenvalue weighted by molar-refractivity contribution is 0.288. The van der Waals surface area contributed by atoms with Gasteiger partial charge in [-0.2, -0.15) is 0 Å². The molecule has 0 saturated heterocycles. The molecule has 0 fully saturated rings. The van der Waals surface area contributed by atoms with E-state index in [1.54, 1.807) is 11.1 Å². The number of hydrogen-bond donors (Lipinski definition) is 0. The van der Waals surface area contributed by atoms with Crippen molar-refractivity contribution in [2.24, 2.45) is 11.3 Å². The Morgan fingerprint density at radius 3 is 2.13 bits per heavy atom. The summed E-state index contributed by atoms with van der Waals surface area (Å²) < 4.78 is 0. The fourth-order valence-electron chi connectivity index (χ4n) is 1.92. The van der Waals surface area contributed by atoms with E-state index in [1.807, 2.05) is 13.8 Å². The lowest BCUT2D eigenvalue weighted by Crippen LogP contribution is -2.20. The van der Waals surface area contributed by atoms with Crippen molar-refractivity contribution in [1.29, 1.82) is 0 Å². The standard InChI is InChI=1S/C13H22.C2H6/c1-6-11-7-8-12(9-10(11)2)13(3,4)5;1-2/h7-8,12H,6,9H2,1-5H3;1-2H3. The van der Waals surface area contributed by atoms with Gasteiger partial charge in [-0.05, 0) is 36.7 Å². The first-order valence-corrected chi connectivity index (χ1v) is 6.32. The third kappa shape index (κ3) is 4.24. The van der Waals surface area contributed by atoms with E-state index >= 15 is 0 Å². The van der Waals surface area contributed by atoms with Crippen molar-refractivity contribution in [1.82, 2.24) is 0 Å². The van der Waals surface area contributed by atoms with Crippen molar-refractivity contribution in [3.8, 4) is 0 Å². The van der Waals surface area contributed by atoms with Gasteiger partial charge in [0.25, 0.3) is 0 Å². The van der Waals surface area contributed by atoms with Crippen molar-refractivity contribution in [2.45, 2.75) is 61.3 Å². The average Bonchev–Trinajstić information content (AvgIpc) is 2.19. The van der Waals surface area contributed by atoms with Crippen molar-refractivity contribution in [3.63, 3.8) is 0 Å². The zero-order valence-corrected chi connectivity index (χ0v) is 11.6. The van der Waals surface area contributed by atoms with E-state index in [2.05, 4.69) is 46.8 Å². The van der Waals surface area contributed by atoms with Crippen LogP contribution in [-0.4, -0.2) is 0 Å². The third-order valence-electron chi connectivity index (χ3n) is 3.10. The quantitative estimate of drug-likeness (QED) is 0.544. The molecule has 0 aromatic rings. The Balaban J connectivity index is 0.000000921. The van der Waals surface area contributed by atoms with Gasteiger partial charge in [0.2, 0.25) is 0 Å². The van der Waals surface area contributed by atoms with Crippen LogP contribution >= 0.6 is 0 Å². The highest BCUT2D eigenvalue weighted by atomic mass is 14.3. The molecule has 1 rings (SSSR count). The van der Waals surface area contributed by atoms with Crippen molar-refractivity contribution < 1.29 is 0 Å². The molecule has 15 heavy (non-hydrogen) atoms. The molecule has 0 heteroatoms. The summed E-state index contributed by atoms with van der Waals surface area (Å²) in [7, 11) is 0. The highest BCUT2D eigenvalue weighted by molar-refractivity contribution is 5.30. The van der Waals surface area contributed by atoms with Crippen LogP contribution in [0.5, 0.6) is 0 Å². The van der Waals surface area contributed by atoms with E-state index in [9.17, 15) is 0 Å². The molecule has 1 aliphatic carbocycles. The summed E-state index contributed by atoms with van der Waals surface area (Å²) >= 11 is 0. The van der Waals surface area contributed by atoms with E-state index in [0.29, 0.717) is 5.41 Å². The van der Waals surface area contributed by atoms with Crippen molar-refractivity contribution in [2.75, 3.05) is 0 Å². The van der Waals surface area contributed by atoms with E-state index in [0.717, 1.165) is 5.92 Å². The Labute approximate surface area is 96.5 Å². The van der Waals surface area contributed by atoms with E-state index in [1.165, 1.54) is 12.8 Å². The first kappa shape index (κ1) is 14.5. The molecule has 88 valence electrons. The topological polar surface area (TPSA) is 0 Å². The zero-order chi connectivity index (χ0) is 12.1. The normalized spacial score (nSPS) is 21.1. The molecular weight excluding hydrogens is 180 g/mol. The van der Waals surface area contributed by atoms with Gasteiger partial charge in [-0.3, -0.25) is 0 Å². The van der Waals surface area contributed by atoms with Crippen molar-refractivity contribution in [3.05, 3.63) is 23.3 Å². The highest BCUT2D eigenvalue weighted by Gasteiger charge is 2.24. The second-order valence-electron chi connectivity index (χ2n) is 5.19. The van der Waals surface area contributed by atoms with Crippen LogP contribution < -0.4 is 0 Å². The van der Waals surface area contributed by atoms with Crippen LogP contribution in [0.4, 0.5) is 0 Å². The summed E-state index contributed by atoms with van der Waals surface area (Å²) in [5.74, 6) is 0.725. The van der Waals surface area contributed by atoms with Crippen LogP contribution in [0, 0.1) is 11.3 Å². The molecule has 0 aliphatic heterocycles. The number of allylic oxidation sites excluding steroid dienone is 4. The molecular formula is C15H28. The predicted molar refractivity (Wildman–Crippen MR) is 71.0 cm³/mol. The lowest BCUT2D eigenvalue weighted by atomic mass is 9.74. The Morgan fingerprint density at radius 1 is 1.27 bits per heavy atom. The number of rotatable bonds is 1. The Hall–Kier alpha value is -0.520. The Morgan fingerprint density at radius 2 is 1.80 bits per heavy atom. The molecule has 0 saturated carbocycles. The summed E-state index contributed by atoms with van der Waals surface area (Å²) in [5, 5.41) is 0. The molecule has 0 radical (unpaired) electrons. The molecule has 0 amide bonds. The van der Waals surface area contributed by atoms with Gasteiger partial charge in [0.15, 0.2) is 0 Å². The Bertz CT molecular complexity index is 235. The second kappa shape index (κ2) is 6.15. The maximum absolute atomic E-state index is 2.39. The van der Waals surface area contributed by atoms with Crippen LogP contribution in [0.15, 0.2) is 23.3 Å². The molecule has 1 aliphatic rings. The fraction of sp³-hybridized carbons (Fsp3) is 0.733. The summed E-state index contributed by atoms with van der Waals surface area (Å²) in [6.07, 6.45) is 7.16. The van der Waals surface area contributed by atoms with Gasteiger partial charge in [-0.25, -0.2) is 0 Å². The second-order valence-corrected chi connectivity index (χ2v) is 5.19. The summed E-state index contributed by atoms with van der Waals surface area (Å²) in [6.45, 7) is 15.5. The van der Waals surface area contributed by atoms with Gasteiger partial charge in [0.1, 0.15) is 0 Å². The van der Waals surface area contributed by atoms with Crippen LogP contribution in [-0.2, 0) is 0 Å². The molecule has 0 N–H and O–H groups in total. The largest absolute Gasteiger partial charge is 0.0803 e. The molecule has 0 aromatic heterocycles. The van der Waals surface area contributed by atoms with Gasteiger partial charge in [0, 0.05) is 0 Å². The minimum atomic E-state index is 0.414. The number of hydrogen-bond acceptors (Lipinski definition) is 0. The lowest BCUT2D eigenvalue weighted by Gasteiger charge is -2.31. The van der Waals surface area contributed by atoms with Gasteiger partial charge < -0.3 is 0 Å². The monoisotopic (exact) mass is 208 g/mol. The molecule has 0 nitrogen and oxygen atoms in total. The minimum absolute atomic E-state index is 0.414. The smallest absolute Gasteiger partial charge is 0.0144 e. The molecule has 0 aromatic carbocycles. The van der Waals surface area contributed by atoms with Crippen molar-refractivity contribution >= 4 is 0 Å². The van der Waals surface area contributed by atoms with Gasteiger partial charge in [-0.15, -0.1) is 0 Å². The first-order chi connectivity index (χ1) is 6.95. The minimum Gasteiger partial charge on any atom is -0.0803 e. The average molecular weight is 208 g/mol. The zero-order valence-electron chi connectivity index (χ0n) is 11.6. The molecule has 1 unspecified atom stereocenters. The summed E-state index contributed by atoms with van der Waals surface area (Å²) in [5.41, 5.74) is 3.54. The maximum Gasteiger partial charge on any atom is -0.0144 e.